The highest BCUT2D eigenvalue weighted by atomic mass is 16.7. The summed E-state index contributed by atoms with van der Waals surface area (Å²) in [6.45, 7) is 1.58. The second-order valence-corrected chi connectivity index (χ2v) is 8.92. The van der Waals surface area contributed by atoms with E-state index in [0.717, 1.165) is 42.3 Å². The molecule has 1 saturated carbocycles. The molecular formula is C27H28N2O7. The number of amides is 1. The lowest BCUT2D eigenvalue weighted by molar-refractivity contribution is -0.121. The first-order valence-corrected chi connectivity index (χ1v) is 12.1. The molecule has 2 aliphatic rings. The number of pyridine rings is 1. The van der Waals surface area contributed by atoms with Crippen LogP contribution >= 0.6 is 0 Å². The van der Waals surface area contributed by atoms with Crippen molar-refractivity contribution in [2.75, 3.05) is 32.2 Å². The van der Waals surface area contributed by atoms with Gasteiger partial charge >= 0.3 is 6.16 Å². The fourth-order valence-corrected chi connectivity index (χ4v) is 4.59. The zero-order chi connectivity index (χ0) is 24.9. The maximum atomic E-state index is 12.8. The number of nitrogens with zero attached hydrogens (tertiary/aromatic N) is 1. The zero-order valence-corrected chi connectivity index (χ0v) is 20.0. The number of anilines is 1. The highest BCUT2D eigenvalue weighted by molar-refractivity contribution is 5.93. The molecule has 1 fully saturated rings. The summed E-state index contributed by atoms with van der Waals surface area (Å²) in [5.41, 5.74) is 1.46. The minimum atomic E-state index is -0.782. The Morgan fingerprint density at radius 2 is 1.81 bits per heavy atom. The van der Waals surface area contributed by atoms with Gasteiger partial charge in [-0.1, -0.05) is 0 Å². The lowest BCUT2D eigenvalue weighted by Gasteiger charge is -2.28. The van der Waals surface area contributed by atoms with Crippen LogP contribution in [0.3, 0.4) is 0 Å². The average Bonchev–Trinajstić information content (AvgIpc) is 2.92. The predicted octanol–water partition coefficient (Wildman–Crippen LogP) is 4.98. The van der Waals surface area contributed by atoms with Crippen molar-refractivity contribution in [1.82, 2.24) is 4.98 Å². The summed E-state index contributed by atoms with van der Waals surface area (Å²) in [4.78, 5) is 28.6. The van der Waals surface area contributed by atoms with Crippen molar-refractivity contribution in [1.29, 1.82) is 0 Å². The van der Waals surface area contributed by atoms with Gasteiger partial charge < -0.3 is 29.0 Å². The van der Waals surface area contributed by atoms with E-state index in [4.69, 9.17) is 18.9 Å². The fraction of sp³-hybridized carbons (Fsp3) is 0.370. The smallest absolute Gasteiger partial charge is 0.493 e. The monoisotopic (exact) mass is 492 g/mol. The average molecular weight is 493 g/mol. The summed E-state index contributed by atoms with van der Waals surface area (Å²) in [5, 5.41) is 3.78. The minimum absolute atomic E-state index is 0.0318. The van der Waals surface area contributed by atoms with E-state index in [1.807, 2.05) is 18.2 Å². The molecule has 9 nitrogen and oxygen atoms in total. The second-order valence-electron chi connectivity index (χ2n) is 8.92. The van der Waals surface area contributed by atoms with Crippen LogP contribution in [0.4, 0.5) is 10.5 Å². The molecule has 0 spiro atoms. The van der Waals surface area contributed by atoms with Crippen molar-refractivity contribution in [3.8, 4) is 23.0 Å². The van der Waals surface area contributed by atoms with Gasteiger partial charge in [0.15, 0.2) is 11.5 Å². The topological polar surface area (TPSA) is 105 Å². The van der Waals surface area contributed by atoms with Crippen LogP contribution in [0.5, 0.6) is 23.0 Å². The van der Waals surface area contributed by atoms with E-state index in [1.165, 1.54) is 7.11 Å². The van der Waals surface area contributed by atoms with E-state index >= 15 is 0 Å². The summed E-state index contributed by atoms with van der Waals surface area (Å²) >= 11 is 0. The van der Waals surface area contributed by atoms with Crippen molar-refractivity contribution in [2.24, 2.45) is 11.8 Å². The number of hydrogen-bond donors (Lipinski definition) is 1. The van der Waals surface area contributed by atoms with Gasteiger partial charge in [0.2, 0.25) is 5.91 Å². The minimum Gasteiger partial charge on any atom is -0.493 e. The highest BCUT2D eigenvalue weighted by Gasteiger charge is 2.27. The number of methoxy groups -OCH3 is 1. The Bertz CT molecular complexity index is 1250. The van der Waals surface area contributed by atoms with Gasteiger partial charge in [-0.3, -0.25) is 9.78 Å². The Balaban J connectivity index is 1.14. The largest absolute Gasteiger partial charge is 0.513 e. The van der Waals surface area contributed by atoms with Crippen molar-refractivity contribution < 1.29 is 33.3 Å². The molecule has 1 aliphatic heterocycles. The molecule has 1 N–H and O–H groups in total. The van der Waals surface area contributed by atoms with Crippen molar-refractivity contribution in [3.63, 3.8) is 0 Å². The summed E-state index contributed by atoms with van der Waals surface area (Å²) in [7, 11) is 1.26. The Morgan fingerprint density at radius 3 is 2.61 bits per heavy atom. The van der Waals surface area contributed by atoms with Crippen LogP contribution in [-0.2, 0) is 9.53 Å². The maximum absolute atomic E-state index is 12.8. The summed E-state index contributed by atoms with van der Waals surface area (Å²) in [6, 6.07) is 12.4. The third-order valence-corrected chi connectivity index (χ3v) is 6.54. The molecular weight excluding hydrogens is 464 g/mol. The molecule has 2 heterocycles. The number of hydrogen-bond acceptors (Lipinski definition) is 8. The molecule has 36 heavy (non-hydrogen) atoms. The molecule has 0 unspecified atom stereocenters. The highest BCUT2D eigenvalue weighted by Crippen LogP contribution is 2.35. The Kier molecular flexibility index (Phi) is 7.06. The number of nitrogens with one attached hydrogen (secondary N) is 1. The van der Waals surface area contributed by atoms with Crippen LogP contribution in [0.25, 0.3) is 10.9 Å². The quantitative estimate of drug-likeness (QED) is 0.380. The van der Waals surface area contributed by atoms with E-state index in [0.29, 0.717) is 48.7 Å². The van der Waals surface area contributed by atoms with Crippen LogP contribution in [-0.4, -0.2) is 44.0 Å². The van der Waals surface area contributed by atoms with Gasteiger partial charge in [-0.2, -0.15) is 0 Å². The van der Waals surface area contributed by atoms with Gasteiger partial charge in [0.05, 0.1) is 19.2 Å². The maximum Gasteiger partial charge on any atom is 0.513 e. The first-order chi connectivity index (χ1) is 17.6. The molecule has 0 saturated heterocycles. The van der Waals surface area contributed by atoms with Crippen LogP contribution in [0, 0.1) is 11.8 Å². The molecule has 2 aromatic carbocycles. The van der Waals surface area contributed by atoms with Crippen LogP contribution in [0.1, 0.15) is 25.7 Å². The molecule has 1 aliphatic carbocycles. The molecule has 1 amide bonds. The predicted molar refractivity (Wildman–Crippen MR) is 132 cm³/mol. The number of fused-ring (bicyclic) bond motifs is 2. The fourth-order valence-electron chi connectivity index (χ4n) is 4.59. The third-order valence-electron chi connectivity index (χ3n) is 6.54. The van der Waals surface area contributed by atoms with Crippen molar-refractivity contribution in [2.45, 2.75) is 25.7 Å². The molecule has 3 aromatic rings. The Labute approximate surface area is 208 Å². The SMILES string of the molecule is COC(=O)Oc1ccc2nccc(OC[C@H]3CC[C@H](C(=O)Nc4ccc5c(c4)OCCO5)CC3)c2c1. The molecule has 1 aromatic heterocycles. The number of carbonyl (C=O) groups excluding carboxylic acids is 2. The number of ether oxygens (including phenoxy) is 5. The van der Waals surface area contributed by atoms with Crippen molar-refractivity contribution in [3.05, 3.63) is 48.7 Å². The Morgan fingerprint density at radius 1 is 1.00 bits per heavy atom. The van der Waals surface area contributed by atoms with Gasteiger partial charge in [-0.05, 0) is 68.0 Å². The summed E-state index contributed by atoms with van der Waals surface area (Å²) in [5.74, 6) is 2.74. The van der Waals surface area contributed by atoms with E-state index in [1.54, 1.807) is 30.5 Å². The number of aromatic nitrogens is 1. The summed E-state index contributed by atoms with van der Waals surface area (Å²) in [6.07, 6.45) is 4.32. The third kappa shape index (κ3) is 5.45. The van der Waals surface area contributed by atoms with E-state index in [2.05, 4.69) is 15.0 Å². The molecule has 9 heteroatoms. The van der Waals surface area contributed by atoms with Gasteiger partial charge in [-0.15, -0.1) is 0 Å². The molecule has 0 atom stereocenters. The second kappa shape index (κ2) is 10.7. The first kappa shape index (κ1) is 23.7. The lowest BCUT2D eigenvalue weighted by atomic mass is 9.82. The van der Waals surface area contributed by atoms with Crippen LogP contribution < -0.4 is 24.3 Å². The van der Waals surface area contributed by atoms with E-state index < -0.39 is 6.16 Å². The van der Waals surface area contributed by atoms with Gasteiger partial charge in [0.25, 0.3) is 0 Å². The zero-order valence-electron chi connectivity index (χ0n) is 20.0. The summed E-state index contributed by atoms with van der Waals surface area (Å²) < 4.78 is 27.0. The van der Waals surface area contributed by atoms with E-state index in [-0.39, 0.29) is 11.8 Å². The van der Waals surface area contributed by atoms with Crippen LogP contribution in [0.15, 0.2) is 48.7 Å². The molecule has 0 bridgehead atoms. The first-order valence-electron chi connectivity index (χ1n) is 12.1. The lowest BCUT2D eigenvalue weighted by Crippen LogP contribution is -2.29. The van der Waals surface area contributed by atoms with Crippen molar-refractivity contribution >= 4 is 28.7 Å². The molecule has 0 radical (unpaired) electrons. The number of carbonyl (C=O) groups is 2. The van der Waals surface area contributed by atoms with Gasteiger partial charge in [-0.25, -0.2) is 4.79 Å². The normalized spacial score (nSPS) is 18.8. The van der Waals surface area contributed by atoms with Crippen LogP contribution in [0.2, 0.25) is 0 Å². The molecule has 5 rings (SSSR count). The number of rotatable bonds is 6. The van der Waals surface area contributed by atoms with Gasteiger partial charge in [0, 0.05) is 29.3 Å². The van der Waals surface area contributed by atoms with E-state index in [9.17, 15) is 9.59 Å². The number of benzene rings is 2. The standard InChI is InChI=1S/C27H28N2O7/c1-32-27(31)36-20-7-8-22-21(15-20)23(10-11-28-22)35-16-17-2-4-18(5-3-17)26(30)29-19-6-9-24-25(14-19)34-13-12-33-24/h6-11,14-15,17-18H,2-5,12-13,16H2,1H3,(H,29,30)/t17-,18-. The molecule has 188 valence electrons. The van der Waals surface area contributed by atoms with Gasteiger partial charge in [0.1, 0.15) is 24.7 Å². The Hall–Kier alpha value is -4.01.